The number of halogens is 1. The SMILES string of the molecule is CC(C)C(NC(=O)CN)C(=O)N1CCC(O)(c2ccc(Cl)cc2)C(C)(C)C1. The van der Waals surface area contributed by atoms with Crippen LogP contribution in [0, 0.1) is 11.3 Å². The number of benzene rings is 1. The molecule has 1 aromatic rings. The molecule has 1 saturated heterocycles. The van der Waals surface area contributed by atoms with Gasteiger partial charge in [-0.1, -0.05) is 51.4 Å². The van der Waals surface area contributed by atoms with Crippen LogP contribution in [0.15, 0.2) is 24.3 Å². The van der Waals surface area contributed by atoms with E-state index in [2.05, 4.69) is 5.32 Å². The molecule has 2 rings (SSSR count). The first-order valence-corrected chi connectivity index (χ1v) is 9.66. The molecule has 1 heterocycles. The predicted molar refractivity (Wildman–Crippen MR) is 106 cm³/mol. The number of nitrogens with one attached hydrogen (secondary N) is 1. The van der Waals surface area contributed by atoms with Gasteiger partial charge in [-0.05, 0) is 30.0 Å². The van der Waals surface area contributed by atoms with Crippen molar-refractivity contribution in [1.82, 2.24) is 10.2 Å². The summed E-state index contributed by atoms with van der Waals surface area (Å²) >= 11 is 5.97. The van der Waals surface area contributed by atoms with Gasteiger partial charge in [-0.3, -0.25) is 9.59 Å². The normalized spacial score (nSPS) is 23.2. The van der Waals surface area contributed by atoms with E-state index in [9.17, 15) is 14.7 Å². The van der Waals surface area contributed by atoms with E-state index in [1.165, 1.54) is 0 Å². The van der Waals surface area contributed by atoms with Gasteiger partial charge >= 0.3 is 0 Å². The Morgan fingerprint density at radius 2 is 1.89 bits per heavy atom. The molecule has 7 heteroatoms. The third-order valence-electron chi connectivity index (χ3n) is 5.52. The summed E-state index contributed by atoms with van der Waals surface area (Å²) in [6.45, 7) is 8.30. The highest BCUT2D eigenvalue weighted by atomic mass is 35.5. The fraction of sp³-hybridized carbons (Fsp3) is 0.600. The quantitative estimate of drug-likeness (QED) is 0.709. The third kappa shape index (κ3) is 4.45. The Labute approximate surface area is 166 Å². The van der Waals surface area contributed by atoms with Crippen molar-refractivity contribution < 1.29 is 14.7 Å². The number of carbonyl (C=O) groups is 2. The van der Waals surface area contributed by atoms with Gasteiger partial charge in [0.2, 0.25) is 11.8 Å². The number of carbonyl (C=O) groups excluding carboxylic acids is 2. The Morgan fingerprint density at radius 3 is 2.37 bits per heavy atom. The molecular weight excluding hydrogens is 366 g/mol. The molecule has 0 radical (unpaired) electrons. The van der Waals surface area contributed by atoms with Crippen LogP contribution in [-0.4, -0.2) is 47.5 Å². The fourth-order valence-corrected chi connectivity index (χ4v) is 3.84. The highest BCUT2D eigenvalue weighted by Crippen LogP contribution is 2.46. The van der Waals surface area contributed by atoms with Gasteiger partial charge in [0.05, 0.1) is 12.1 Å². The average molecular weight is 396 g/mol. The van der Waals surface area contributed by atoms with Crippen molar-refractivity contribution in [3.05, 3.63) is 34.9 Å². The lowest BCUT2D eigenvalue weighted by atomic mass is 9.66. The molecule has 4 N–H and O–H groups in total. The molecule has 2 unspecified atom stereocenters. The second kappa shape index (κ2) is 8.17. The molecule has 0 spiro atoms. The van der Waals surface area contributed by atoms with Crippen LogP contribution < -0.4 is 11.1 Å². The van der Waals surface area contributed by atoms with E-state index in [1.807, 2.05) is 39.8 Å². The third-order valence-corrected chi connectivity index (χ3v) is 5.77. The zero-order valence-electron chi connectivity index (χ0n) is 16.5. The van der Waals surface area contributed by atoms with Gasteiger partial charge in [-0.2, -0.15) is 0 Å². The van der Waals surface area contributed by atoms with Crippen molar-refractivity contribution in [3.63, 3.8) is 0 Å². The molecule has 0 aliphatic carbocycles. The number of hydrogen-bond donors (Lipinski definition) is 3. The summed E-state index contributed by atoms with van der Waals surface area (Å²) in [5.74, 6) is -0.554. The molecule has 2 atom stereocenters. The largest absolute Gasteiger partial charge is 0.384 e. The number of amides is 2. The number of likely N-dealkylation sites (tertiary alicyclic amines) is 1. The van der Waals surface area contributed by atoms with Gasteiger partial charge in [0.15, 0.2) is 0 Å². The van der Waals surface area contributed by atoms with Gasteiger partial charge < -0.3 is 21.1 Å². The smallest absolute Gasteiger partial charge is 0.245 e. The van der Waals surface area contributed by atoms with Gasteiger partial charge in [0.25, 0.3) is 0 Å². The molecule has 1 aliphatic rings. The van der Waals surface area contributed by atoms with E-state index >= 15 is 0 Å². The molecule has 0 bridgehead atoms. The molecule has 2 amide bonds. The number of piperidine rings is 1. The summed E-state index contributed by atoms with van der Waals surface area (Å²) in [5.41, 5.74) is 4.52. The molecule has 1 aromatic carbocycles. The Bertz CT molecular complexity index is 690. The van der Waals surface area contributed by atoms with Crippen LogP contribution in [0.4, 0.5) is 0 Å². The van der Waals surface area contributed by atoms with Crippen LogP contribution >= 0.6 is 11.6 Å². The molecule has 1 fully saturated rings. The van der Waals surface area contributed by atoms with Crippen LogP contribution in [0.5, 0.6) is 0 Å². The van der Waals surface area contributed by atoms with Gasteiger partial charge in [0, 0.05) is 23.5 Å². The van der Waals surface area contributed by atoms with E-state index in [4.69, 9.17) is 17.3 Å². The number of hydrogen-bond acceptors (Lipinski definition) is 4. The Hall–Kier alpha value is -1.63. The molecular formula is C20H30ClN3O3. The van der Waals surface area contributed by atoms with Gasteiger partial charge in [-0.25, -0.2) is 0 Å². The first-order valence-electron chi connectivity index (χ1n) is 9.28. The monoisotopic (exact) mass is 395 g/mol. The predicted octanol–water partition coefficient (Wildman–Crippen LogP) is 1.89. The van der Waals surface area contributed by atoms with Crippen molar-refractivity contribution in [2.24, 2.45) is 17.1 Å². The molecule has 6 nitrogen and oxygen atoms in total. The van der Waals surface area contributed by atoms with Crippen LogP contribution in [0.1, 0.15) is 39.7 Å². The molecule has 1 aliphatic heterocycles. The first-order chi connectivity index (χ1) is 12.5. The van der Waals surface area contributed by atoms with Crippen LogP contribution in [-0.2, 0) is 15.2 Å². The minimum absolute atomic E-state index is 0.0619. The van der Waals surface area contributed by atoms with Crippen molar-refractivity contribution in [2.75, 3.05) is 19.6 Å². The molecule has 27 heavy (non-hydrogen) atoms. The summed E-state index contributed by atoms with van der Waals surface area (Å²) < 4.78 is 0. The van der Waals surface area contributed by atoms with Crippen molar-refractivity contribution in [1.29, 1.82) is 0 Å². The summed E-state index contributed by atoms with van der Waals surface area (Å²) in [4.78, 5) is 26.5. The van der Waals surface area contributed by atoms with E-state index in [1.54, 1.807) is 17.0 Å². The van der Waals surface area contributed by atoms with Crippen molar-refractivity contribution >= 4 is 23.4 Å². The molecule has 0 saturated carbocycles. The topological polar surface area (TPSA) is 95.7 Å². The molecule has 150 valence electrons. The summed E-state index contributed by atoms with van der Waals surface area (Å²) in [5, 5.41) is 14.8. The van der Waals surface area contributed by atoms with E-state index in [-0.39, 0.29) is 24.3 Å². The maximum atomic E-state index is 13.0. The van der Waals surface area contributed by atoms with Crippen LogP contribution in [0.2, 0.25) is 5.02 Å². The molecule has 0 aromatic heterocycles. The minimum atomic E-state index is -1.07. The zero-order chi connectivity index (χ0) is 20.4. The van der Waals surface area contributed by atoms with E-state index in [0.29, 0.717) is 24.5 Å². The lowest BCUT2D eigenvalue weighted by Gasteiger charge is -2.51. The zero-order valence-corrected chi connectivity index (χ0v) is 17.2. The lowest BCUT2D eigenvalue weighted by Crippen LogP contribution is -2.60. The average Bonchev–Trinajstić information content (AvgIpc) is 2.61. The summed E-state index contributed by atoms with van der Waals surface area (Å²) in [7, 11) is 0. The number of rotatable bonds is 5. The van der Waals surface area contributed by atoms with Crippen molar-refractivity contribution in [2.45, 2.75) is 45.8 Å². The number of nitrogens with two attached hydrogens (primary N) is 1. The fourth-order valence-electron chi connectivity index (χ4n) is 3.71. The Balaban J connectivity index is 2.21. The standard InChI is InChI=1S/C20H30ClN3O3/c1-13(2)17(23-16(25)11-22)18(26)24-10-9-20(27,19(3,4)12-24)14-5-7-15(21)8-6-14/h5-8,13,17,27H,9-12,22H2,1-4H3,(H,23,25). The van der Waals surface area contributed by atoms with E-state index < -0.39 is 17.1 Å². The summed E-state index contributed by atoms with van der Waals surface area (Å²) in [6.07, 6.45) is 0.406. The Morgan fingerprint density at radius 1 is 1.30 bits per heavy atom. The van der Waals surface area contributed by atoms with Gasteiger partial charge in [0.1, 0.15) is 6.04 Å². The summed E-state index contributed by atoms with van der Waals surface area (Å²) in [6, 6.07) is 6.57. The second-order valence-electron chi connectivity index (χ2n) is 8.25. The van der Waals surface area contributed by atoms with Crippen LogP contribution in [0.3, 0.4) is 0 Å². The minimum Gasteiger partial charge on any atom is -0.384 e. The lowest BCUT2D eigenvalue weighted by molar-refractivity contribution is -0.156. The maximum Gasteiger partial charge on any atom is 0.245 e. The highest BCUT2D eigenvalue weighted by molar-refractivity contribution is 6.30. The number of aliphatic hydroxyl groups is 1. The van der Waals surface area contributed by atoms with Gasteiger partial charge in [-0.15, -0.1) is 0 Å². The van der Waals surface area contributed by atoms with Crippen molar-refractivity contribution in [3.8, 4) is 0 Å². The first kappa shape index (κ1) is 21.7. The maximum absolute atomic E-state index is 13.0. The highest BCUT2D eigenvalue weighted by Gasteiger charge is 2.50. The van der Waals surface area contributed by atoms with Crippen LogP contribution in [0.25, 0.3) is 0 Å². The second-order valence-corrected chi connectivity index (χ2v) is 8.69. The Kier molecular flexibility index (Phi) is 6.55. The van der Waals surface area contributed by atoms with E-state index in [0.717, 1.165) is 5.56 Å². The number of nitrogens with zero attached hydrogens (tertiary/aromatic N) is 1.